The lowest BCUT2D eigenvalue weighted by molar-refractivity contribution is 0.0695. The molecule has 0 aliphatic rings. The zero-order valence-electron chi connectivity index (χ0n) is 13.1. The van der Waals surface area contributed by atoms with Crippen molar-refractivity contribution in [3.05, 3.63) is 64.4 Å². The molecule has 2 aromatic carbocycles. The van der Waals surface area contributed by atoms with Crippen molar-refractivity contribution < 1.29 is 19.4 Å². The van der Waals surface area contributed by atoms with Gasteiger partial charge in [-0.1, -0.05) is 0 Å². The van der Waals surface area contributed by atoms with Crippen LogP contribution in [-0.2, 0) is 0 Å². The third-order valence-corrected chi connectivity index (χ3v) is 3.79. The van der Waals surface area contributed by atoms with Gasteiger partial charge in [0.05, 0.1) is 25.1 Å². The predicted molar refractivity (Wildman–Crippen MR) is 89.6 cm³/mol. The molecule has 1 N–H and O–H groups in total. The normalized spacial score (nSPS) is 10.6. The molecular formula is C18H15NO5. The zero-order valence-corrected chi connectivity index (χ0v) is 13.1. The van der Waals surface area contributed by atoms with Gasteiger partial charge in [0.25, 0.3) is 0 Å². The van der Waals surface area contributed by atoms with Crippen LogP contribution in [-0.4, -0.2) is 29.9 Å². The van der Waals surface area contributed by atoms with E-state index in [0.717, 1.165) is 0 Å². The summed E-state index contributed by atoms with van der Waals surface area (Å²) in [7, 11) is 3.06. The highest BCUT2D eigenvalue weighted by Gasteiger charge is 2.16. The van der Waals surface area contributed by atoms with E-state index >= 15 is 0 Å². The minimum atomic E-state index is -1.27. The maximum Gasteiger partial charge on any atom is 0.341 e. The molecule has 0 radical (unpaired) electrons. The van der Waals surface area contributed by atoms with E-state index in [4.69, 9.17) is 9.47 Å². The number of methoxy groups -OCH3 is 2. The zero-order chi connectivity index (χ0) is 17.3. The standard InChI is InChI=1S/C18H15NO5/c1-23-12-5-3-11(4-6-12)19-10-15(18(21)22)17(20)14-9-13(24-2)7-8-16(14)19/h3-10H,1-2H3,(H,21,22). The van der Waals surface area contributed by atoms with E-state index in [-0.39, 0.29) is 10.9 Å². The molecule has 0 atom stereocenters. The van der Waals surface area contributed by atoms with Crippen molar-refractivity contribution in [3.8, 4) is 17.2 Å². The highest BCUT2D eigenvalue weighted by atomic mass is 16.5. The van der Waals surface area contributed by atoms with Gasteiger partial charge in [-0.3, -0.25) is 4.79 Å². The Labute approximate surface area is 137 Å². The van der Waals surface area contributed by atoms with Crippen molar-refractivity contribution in [2.24, 2.45) is 0 Å². The average Bonchev–Trinajstić information content (AvgIpc) is 2.61. The van der Waals surface area contributed by atoms with Crippen LogP contribution in [0.5, 0.6) is 11.5 Å². The Kier molecular flexibility index (Phi) is 3.95. The van der Waals surface area contributed by atoms with Gasteiger partial charge >= 0.3 is 5.97 Å². The summed E-state index contributed by atoms with van der Waals surface area (Å²) >= 11 is 0. The molecule has 1 heterocycles. The van der Waals surface area contributed by atoms with Gasteiger partial charge in [-0.25, -0.2) is 4.79 Å². The minimum Gasteiger partial charge on any atom is -0.497 e. The molecule has 3 rings (SSSR count). The number of benzene rings is 2. The van der Waals surface area contributed by atoms with E-state index in [2.05, 4.69) is 0 Å². The van der Waals surface area contributed by atoms with Crippen LogP contribution in [0.1, 0.15) is 10.4 Å². The quantitative estimate of drug-likeness (QED) is 0.798. The summed E-state index contributed by atoms with van der Waals surface area (Å²) in [4.78, 5) is 23.9. The average molecular weight is 325 g/mol. The highest BCUT2D eigenvalue weighted by Crippen LogP contribution is 2.23. The molecule has 0 fully saturated rings. The van der Waals surface area contributed by atoms with E-state index in [1.165, 1.54) is 13.3 Å². The van der Waals surface area contributed by atoms with Gasteiger partial charge in [-0.15, -0.1) is 0 Å². The fourth-order valence-electron chi connectivity index (χ4n) is 2.55. The van der Waals surface area contributed by atoms with Gasteiger partial charge in [0.1, 0.15) is 17.1 Å². The molecule has 6 nitrogen and oxygen atoms in total. The first-order valence-electron chi connectivity index (χ1n) is 7.16. The number of ether oxygens (including phenoxy) is 2. The van der Waals surface area contributed by atoms with Crippen LogP contribution in [0.15, 0.2) is 53.5 Å². The van der Waals surface area contributed by atoms with Crippen LogP contribution in [0.25, 0.3) is 16.6 Å². The first-order chi connectivity index (χ1) is 11.5. The Bertz CT molecular complexity index is 973. The smallest absolute Gasteiger partial charge is 0.341 e. The number of carbonyl (C=O) groups is 1. The molecule has 1 aromatic heterocycles. The SMILES string of the molecule is COc1ccc(-n2cc(C(=O)O)c(=O)c3cc(OC)ccc32)cc1. The van der Waals surface area contributed by atoms with Gasteiger partial charge < -0.3 is 19.1 Å². The molecule has 0 amide bonds. The van der Waals surface area contributed by atoms with Gasteiger partial charge in [-0.05, 0) is 42.5 Å². The van der Waals surface area contributed by atoms with Gasteiger partial charge in [0, 0.05) is 11.9 Å². The molecule has 0 saturated heterocycles. The Morgan fingerprint density at radius 2 is 1.62 bits per heavy atom. The number of hydrogen-bond acceptors (Lipinski definition) is 4. The molecule has 0 aliphatic carbocycles. The number of hydrogen-bond donors (Lipinski definition) is 1. The van der Waals surface area contributed by atoms with Crippen molar-refractivity contribution >= 4 is 16.9 Å². The van der Waals surface area contributed by atoms with Crippen LogP contribution in [0.4, 0.5) is 0 Å². The molecule has 0 aliphatic heterocycles. The number of aromatic nitrogens is 1. The van der Waals surface area contributed by atoms with Crippen molar-refractivity contribution in [1.82, 2.24) is 4.57 Å². The second-order valence-corrected chi connectivity index (χ2v) is 5.13. The van der Waals surface area contributed by atoms with E-state index in [1.807, 2.05) is 0 Å². The molecule has 6 heteroatoms. The Balaban J connectivity index is 2.35. The van der Waals surface area contributed by atoms with Crippen LogP contribution < -0.4 is 14.9 Å². The van der Waals surface area contributed by atoms with Crippen molar-refractivity contribution in [2.45, 2.75) is 0 Å². The summed E-state index contributed by atoms with van der Waals surface area (Å²) < 4.78 is 11.9. The Morgan fingerprint density at radius 3 is 2.21 bits per heavy atom. The lowest BCUT2D eigenvalue weighted by atomic mass is 10.1. The number of carboxylic acids is 1. The largest absolute Gasteiger partial charge is 0.497 e. The maximum atomic E-state index is 12.5. The monoisotopic (exact) mass is 325 g/mol. The molecule has 0 saturated carbocycles. The Morgan fingerprint density at radius 1 is 1.00 bits per heavy atom. The first-order valence-corrected chi connectivity index (χ1v) is 7.16. The summed E-state index contributed by atoms with van der Waals surface area (Å²) in [6, 6.07) is 12.1. The molecule has 0 unspecified atom stereocenters. The number of aromatic carboxylic acids is 1. The number of rotatable bonds is 4. The maximum absolute atomic E-state index is 12.5. The van der Waals surface area contributed by atoms with E-state index < -0.39 is 11.4 Å². The summed E-state index contributed by atoms with van der Waals surface area (Å²) in [6.45, 7) is 0. The van der Waals surface area contributed by atoms with Crippen molar-refractivity contribution in [1.29, 1.82) is 0 Å². The summed E-state index contributed by atoms with van der Waals surface area (Å²) in [5, 5.41) is 9.62. The molecule has 0 spiro atoms. The predicted octanol–water partition coefficient (Wildman–Crippen LogP) is 2.71. The van der Waals surface area contributed by atoms with Crippen LogP contribution in [0.2, 0.25) is 0 Å². The van der Waals surface area contributed by atoms with E-state index in [1.54, 1.807) is 54.1 Å². The van der Waals surface area contributed by atoms with E-state index in [9.17, 15) is 14.7 Å². The third kappa shape index (κ3) is 2.58. The second-order valence-electron chi connectivity index (χ2n) is 5.13. The highest BCUT2D eigenvalue weighted by molar-refractivity contribution is 5.93. The van der Waals surface area contributed by atoms with Gasteiger partial charge in [0.2, 0.25) is 5.43 Å². The lowest BCUT2D eigenvalue weighted by Crippen LogP contribution is -2.18. The molecular weight excluding hydrogens is 310 g/mol. The van der Waals surface area contributed by atoms with Gasteiger partial charge in [0.15, 0.2) is 0 Å². The van der Waals surface area contributed by atoms with Crippen molar-refractivity contribution in [3.63, 3.8) is 0 Å². The number of pyridine rings is 1. The van der Waals surface area contributed by atoms with Crippen LogP contribution in [0, 0.1) is 0 Å². The van der Waals surface area contributed by atoms with Crippen LogP contribution in [0.3, 0.4) is 0 Å². The summed E-state index contributed by atoms with van der Waals surface area (Å²) in [5.74, 6) is -0.0976. The number of nitrogens with zero attached hydrogens (tertiary/aromatic N) is 1. The molecule has 24 heavy (non-hydrogen) atoms. The van der Waals surface area contributed by atoms with Gasteiger partial charge in [-0.2, -0.15) is 0 Å². The number of carboxylic acid groups (broad SMARTS) is 1. The summed E-state index contributed by atoms with van der Waals surface area (Å²) in [5.41, 5.74) is 0.470. The lowest BCUT2D eigenvalue weighted by Gasteiger charge is -2.13. The van der Waals surface area contributed by atoms with Crippen molar-refractivity contribution in [2.75, 3.05) is 14.2 Å². The molecule has 3 aromatic rings. The number of fused-ring (bicyclic) bond motifs is 1. The Hall–Kier alpha value is -3.28. The second kappa shape index (κ2) is 6.08. The fraction of sp³-hybridized carbons (Fsp3) is 0.111. The molecule has 122 valence electrons. The third-order valence-electron chi connectivity index (χ3n) is 3.79. The first kappa shape index (κ1) is 15.6. The molecule has 0 bridgehead atoms. The van der Waals surface area contributed by atoms with E-state index in [0.29, 0.717) is 22.7 Å². The summed E-state index contributed by atoms with van der Waals surface area (Å²) in [6.07, 6.45) is 1.33. The minimum absolute atomic E-state index is 0.282. The van der Waals surface area contributed by atoms with Crippen LogP contribution >= 0.6 is 0 Å². The fourth-order valence-corrected chi connectivity index (χ4v) is 2.55. The topological polar surface area (TPSA) is 77.8 Å².